The predicted molar refractivity (Wildman–Crippen MR) is 66.7 cm³/mol. The fourth-order valence-corrected chi connectivity index (χ4v) is 1.56. The molecule has 4 nitrogen and oxygen atoms in total. The van der Waals surface area contributed by atoms with Gasteiger partial charge in [0, 0.05) is 25.5 Å². The summed E-state index contributed by atoms with van der Waals surface area (Å²) in [7, 11) is 0. The molecule has 16 heavy (non-hydrogen) atoms. The van der Waals surface area contributed by atoms with Crippen molar-refractivity contribution < 1.29 is 0 Å². The van der Waals surface area contributed by atoms with Crippen molar-refractivity contribution in [2.45, 2.75) is 39.5 Å². The van der Waals surface area contributed by atoms with Gasteiger partial charge < -0.3 is 4.90 Å². The minimum atomic E-state index is 0.493. The van der Waals surface area contributed by atoms with Crippen LogP contribution in [0.3, 0.4) is 0 Å². The van der Waals surface area contributed by atoms with E-state index in [1.165, 1.54) is 0 Å². The summed E-state index contributed by atoms with van der Waals surface area (Å²) >= 11 is 0. The predicted octanol–water partition coefficient (Wildman–Crippen LogP) is 2.57. The molecule has 0 fully saturated rings. The summed E-state index contributed by atoms with van der Waals surface area (Å²) in [5.74, 6) is 0.493. The van der Waals surface area contributed by atoms with Crippen LogP contribution in [-0.4, -0.2) is 33.7 Å². The molecule has 0 aliphatic carbocycles. The highest BCUT2D eigenvalue weighted by molar-refractivity contribution is 5.78. The lowest BCUT2D eigenvalue weighted by Gasteiger charge is -2.24. The fraction of sp³-hybridized carbons (Fsp3) is 0.667. The van der Waals surface area contributed by atoms with Crippen LogP contribution < -0.4 is 0 Å². The van der Waals surface area contributed by atoms with E-state index >= 15 is 0 Å². The SMILES string of the molecule is CCCCN(CCCC)C(=N)n1cccn1. The fourth-order valence-electron chi connectivity index (χ4n) is 1.56. The summed E-state index contributed by atoms with van der Waals surface area (Å²) in [5, 5.41) is 12.2. The molecule has 4 heteroatoms. The third-order valence-corrected chi connectivity index (χ3v) is 2.58. The van der Waals surface area contributed by atoms with Crippen molar-refractivity contribution in [3.05, 3.63) is 18.5 Å². The van der Waals surface area contributed by atoms with Gasteiger partial charge in [-0.1, -0.05) is 26.7 Å². The summed E-state index contributed by atoms with van der Waals surface area (Å²) in [6, 6.07) is 1.85. The Kier molecular flexibility index (Phi) is 5.61. The second-order valence-corrected chi connectivity index (χ2v) is 3.97. The molecule has 1 aromatic heterocycles. The lowest BCUT2D eigenvalue weighted by atomic mass is 10.3. The number of rotatable bonds is 6. The van der Waals surface area contributed by atoms with Crippen molar-refractivity contribution in [1.82, 2.24) is 14.7 Å². The number of nitrogens with one attached hydrogen (secondary N) is 1. The maximum atomic E-state index is 8.09. The van der Waals surface area contributed by atoms with Crippen LogP contribution in [0.4, 0.5) is 0 Å². The molecule has 0 saturated heterocycles. The highest BCUT2D eigenvalue weighted by Crippen LogP contribution is 2.01. The number of hydrogen-bond acceptors (Lipinski definition) is 2. The first-order chi connectivity index (χ1) is 7.79. The van der Waals surface area contributed by atoms with Crippen LogP contribution in [0, 0.1) is 5.41 Å². The van der Waals surface area contributed by atoms with E-state index in [1.807, 2.05) is 12.3 Å². The molecule has 0 radical (unpaired) electrons. The number of unbranched alkanes of at least 4 members (excludes halogenated alkanes) is 2. The van der Waals surface area contributed by atoms with Gasteiger partial charge in [-0.3, -0.25) is 5.41 Å². The van der Waals surface area contributed by atoms with E-state index in [0.29, 0.717) is 5.96 Å². The van der Waals surface area contributed by atoms with Crippen LogP contribution in [0.5, 0.6) is 0 Å². The highest BCUT2D eigenvalue weighted by Gasteiger charge is 2.10. The van der Waals surface area contributed by atoms with E-state index in [2.05, 4.69) is 23.8 Å². The summed E-state index contributed by atoms with van der Waals surface area (Å²) in [4.78, 5) is 2.11. The summed E-state index contributed by atoms with van der Waals surface area (Å²) in [5.41, 5.74) is 0. The Morgan fingerprint density at radius 3 is 2.31 bits per heavy atom. The van der Waals surface area contributed by atoms with Gasteiger partial charge in [-0.25, -0.2) is 4.68 Å². The van der Waals surface area contributed by atoms with Crippen molar-refractivity contribution in [3.8, 4) is 0 Å². The van der Waals surface area contributed by atoms with Gasteiger partial charge in [0.2, 0.25) is 5.96 Å². The van der Waals surface area contributed by atoms with E-state index in [9.17, 15) is 0 Å². The molecule has 0 atom stereocenters. The summed E-state index contributed by atoms with van der Waals surface area (Å²) in [6.45, 7) is 6.26. The second-order valence-electron chi connectivity index (χ2n) is 3.97. The van der Waals surface area contributed by atoms with Gasteiger partial charge in [0.25, 0.3) is 0 Å². The molecule has 1 heterocycles. The van der Waals surface area contributed by atoms with Crippen molar-refractivity contribution >= 4 is 5.96 Å². The first-order valence-corrected chi connectivity index (χ1v) is 6.13. The Hall–Kier alpha value is -1.32. The first kappa shape index (κ1) is 12.7. The zero-order chi connectivity index (χ0) is 11.8. The maximum absolute atomic E-state index is 8.09. The Labute approximate surface area is 97.8 Å². The zero-order valence-electron chi connectivity index (χ0n) is 10.3. The van der Waals surface area contributed by atoms with Crippen molar-refractivity contribution in [2.75, 3.05) is 13.1 Å². The first-order valence-electron chi connectivity index (χ1n) is 6.13. The van der Waals surface area contributed by atoms with Gasteiger partial charge in [-0.05, 0) is 18.9 Å². The highest BCUT2D eigenvalue weighted by atomic mass is 15.4. The molecule has 1 aromatic rings. The molecule has 0 aliphatic rings. The molecule has 0 saturated carbocycles. The molecule has 0 unspecified atom stereocenters. The average molecular weight is 222 g/mol. The molecule has 0 aliphatic heterocycles. The van der Waals surface area contributed by atoms with Gasteiger partial charge in [0.05, 0.1) is 0 Å². The van der Waals surface area contributed by atoms with Crippen LogP contribution in [0.1, 0.15) is 39.5 Å². The lowest BCUT2D eigenvalue weighted by Crippen LogP contribution is -2.37. The van der Waals surface area contributed by atoms with E-state index in [-0.39, 0.29) is 0 Å². The molecule has 0 amide bonds. The number of aromatic nitrogens is 2. The smallest absolute Gasteiger partial charge is 0.218 e. The van der Waals surface area contributed by atoms with Crippen molar-refractivity contribution in [1.29, 1.82) is 5.41 Å². The van der Waals surface area contributed by atoms with Gasteiger partial charge in [-0.15, -0.1) is 0 Å². The third kappa shape index (κ3) is 3.68. The molecule has 0 aromatic carbocycles. The molecular weight excluding hydrogens is 200 g/mol. The lowest BCUT2D eigenvalue weighted by molar-refractivity contribution is 0.381. The van der Waals surface area contributed by atoms with Gasteiger partial charge >= 0.3 is 0 Å². The zero-order valence-corrected chi connectivity index (χ0v) is 10.3. The number of nitrogens with zero attached hydrogens (tertiary/aromatic N) is 3. The average Bonchev–Trinajstić information content (AvgIpc) is 2.82. The number of hydrogen-bond donors (Lipinski definition) is 1. The van der Waals surface area contributed by atoms with Crippen LogP contribution in [0.25, 0.3) is 0 Å². The van der Waals surface area contributed by atoms with Gasteiger partial charge in [0.1, 0.15) is 0 Å². The van der Waals surface area contributed by atoms with Crippen molar-refractivity contribution in [3.63, 3.8) is 0 Å². The largest absolute Gasteiger partial charge is 0.341 e. The minimum absolute atomic E-state index is 0.493. The Bertz CT molecular complexity index is 284. The van der Waals surface area contributed by atoms with Crippen LogP contribution in [0.2, 0.25) is 0 Å². The molecule has 0 spiro atoms. The van der Waals surface area contributed by atoms with Crippen LogP contribution in [0.15, 0.2) is 18.5 Å². The Morgan fingerprint density at radius 2 is 1.88 bits per heavy atom. The van der Waals surface area contributed by atoms with E-state index in [1.54, 1.807) is 10.9 Å². The monoisotopic (exact) mass is 222 g/mol. The Morgan fingerprint density at radius 1 is 1.25 bits per heavy atom. The summed E-state index contributed by atoms with van der Waals surface area (Å²) in [6.07, 6.45) is 8.13. The standard InChI is InChI=1S/C12H22N4/c1-3-5-9-15(10-6-4-2)12(13)16-11-7-8-14-16/h7-8,11,13H,3-6,9-10H2,1-2H3. The van der Waals surface area contributed by atoms with Crippen LogP contribution in [-0.2, 0) is 0 Å². The third-order valence-electron chi connectivity index (χ3n) is 2.58. The van der Waals surface area contributed by atoms with Gasteiger partial charge in [0.15, 0.2) is 0 Å². The molecular formula is C12H22N4. The molecule has 0 bridgehead atoms. The second kappa shape index (κ2) is 7.04. The van der Waals surface area contributed by atoms with Crippen LogP contribution >= 0.6 is 0 Å². The molecule has 1 N–H and O–H groups in total. The maximum Gasteiger partial charge on any atom is 0.218 e. The minimum Gasteiger partial charge on any atom is -0.341 e. The van der Waals surface area contributed by atoms with Gasteiger partial charge in [-0.2, -0.15) is 5.10 Å². The molecule has 1 rings (SSSR count). The quantitative estimate of drug-likeness (QED) is 0.594. The topological polar surface area (TPSA) is 44.9 Å². The Balaban J connectivity index is 2.56. The van der Waals surface area contributed by atoms with Crippen molar-refractivity contribution in [2.24, 2.45) is 0 Å². The summed E-state index contributed by atoms with van der Waals surface area (Å²) < 4.78 is 1.63. The van der Waals surface area contributed by atoms with E-state index in [0.717, 1.165) is 38.8 Å². The normalized spacial score (nSPS) is 10.4. The van der Waals surface area contributed by atoms with E-state index < -0.39 is 0 Å². The molecule has 90 valence electrons. The van der Waals surface area contributed by atoms with E-state index in [4.69, 9.17) is 5.41 Å².